The average Bonchev–Trinajstić information content (AvgIpc) is 2.59. The van der Waals surface area contributed by atoms with Crippen LogP contribution < -0.4 is 0 Å². The molecule has 0 radical (unpaired) electrons. The molecule has 0 aromatic carbocycles. The second kappa shape index (κ2) is 3.17. The molecule has 0 aliphatic carbocycles. The van der Waals surface area contributed by atoms with Crippen molar-refractivity contribution in [3.05, 3.63) is 11.5 Å². The van der Waals surface area contributed by atoms with E-state index in [1.165, 1.54) is 0 Å². The van der Waals surface area contributed by atoms with Crippen molar-refractivity contribution in [1.29, 1.82) is 0 Å². The predicted molar refractivity (Wildman–Crippen MR) is 58.6 cm³/mol. The molecule has 0 saturated heterocycles. The highest BCUT2D eigenvalue weighted by Gasteiger charge is 2.30. The fourth-order valence-corrected chi connectivity index (χ4v) is 1.93. The number of aliphatic imine (C=N–C) groups is 1. The summed E-state index contributed by atoms with van der Waals surface area (Å²) in [6.07, 6.45) is 0. The Morgan fingerprint density at radius 2 is 1.79 bits per heavy atom. The first-order valence-corrected chi connectivity index (χ1v) is 5.08. The van der Waals surface area contributed by atoms with Gasteiger partial charge in [0.05, 0.1) is 0 Å². The zero-order valence-electron chi connectivity index (χ0n) is 8.68. The fourth-order valence-electron chi connectivity index (χ4n) is 1.34. The van der Waals surface area contributed by atoms with Gasteiger partial charge in [0.25, 0.3) is 0 Å². The smallest absolute Gasteiger partial charge is 0.159 e. The van der Waals surface area contributed by atoms with E-state index in [1.807, 2.05) is 38.0 Å². The van der Waals surface area contributed by atoms with Gasteiger partial charge in [-0.3, -0.25) is 0 Å². The maximum atomic E-state index is 4.49. The van der Waals surface area contributed by atoms with Gasteiger partial charge in [0.1, 0.15) is 11.4 Å². The first kappa shape index (κ1) is 9.34. The Morgan fingerprint density at radius 1 is 1.07 bits per heavy atom. The molecule has 2 rings (SSSR count). The molecular formula is C8H12N5P. The van der Waals surface area contributed by atoms with Crippen LogP contribution >= 0.6 is 8.52 Å². The Hall–Kier alpha value is -1.22. The maximum absolute atomic E-state index is 4.49. The van der Waals surface area contributed by atoms with Crippen molar-refractivity contribution < 1.29 is 0 Å². The van der Waals surface area contributed by atoms with Crippen molar-refractivity contribution in [1.82, 2.24) is 9.80 Å². The third kappa shape index (κ3) is 1.24. The minimum absolute atomic E-state index is 0.768. The molecule has 0 N–H and O–H groups in total. The lowest BCUT2D eigenvalue weighted by atomic mass is 10.3. The largest absolute Gasteiger partial charge is 0.361 e. The van der Waals surface area contributed by atoms with Crippen LogP contribution in [-0.4, -0.2) is 49.5 Å². The van der Waals surface area contributed by atoms with Crippen LogP contribution in [0.5, 0.6) is 0 Å². The normalized spacial score (nSPS) is 19.4. The molecule has 0 atom stereocenters. The molecule has 0 saturated carbocycles. The van der Waals surface area contributed by atoms with E-state index in [4.69, 9.17) is 0 Å². The molecule has 74 valence electrons. The molecular weight excluding hydrogens is 197 g/mol. The molecule has 2 aliphatic heterocycles. The fraction of sp³-hybridized carbons (Fsp3) is 0.500. The lowest BCUT2D eigenvalue weighted by Gasteiger charge is -2.12. The summed E-state index contributed by atoms with van der Waals surface area (Å²) < 4.78 is 8.60. The van der Waals surface area contributed by atoms with Gasteiger partial charge >= 0.3 is 0 Å². The Kier molecular flexibility index (Phi) is 2.11. The molecule has 0 aromatic heterocycles. The molecule has 0 unspecified atom stereocenters. The summed E-state index contributed by atoms with van der Waals surface area (Å²) in [6, 6.07) is 0. The van der Waals surface area contributed by atoms with Crippen LogP contribution in [0.1, 0.15) is 0 Å². The minimum atomic E-state index is 0.768. The topological polar surface area (TPSA) is 43.6 Å². The zero-order valence-corrected chi connectivity index (χ0v) is 9.58. The second-order valence-electron chi connectivity index (χ2n) is 3.53. The molecule has 0 amide bonds. The van der Waals surface area contributed by atoms with Crippen LogP contribution in [0.4, 0.5) is 0 Å². The van der Waals surface area contributed by atoms with E-state index >= 15 is 0 Å². The van der Waals surface area contributed by atoms with Gasteiger partial charge < -0.3 is 9.80 Å². The van der Waals surface area contributed by atoms with E-state index in [-0.39, 0.29) is 0 Å². The zero-order chi connectivity index (χ0) is 10.3. The maximum Gasteiger partial charge on any atom is 0.159 e. The van der Waals surface area contributed by atoms with E-state index in [9.17, 15) is 0 Å². The number of nitrogens with zero attached hydrogens (tertiary/aromatic N) is 5. The average molecular weight is 209 g/mol. The molecule has 2 aliphatic rings. The number of fused-ring (bicyclic) bond motifs is 1. The Morgan fingerprint density at radius 3 is 2.36 bits per heavy atom. The van der Waals surface area contributed by atoms with Crippen molar-refractivity contribution in [2.24, 2.45) is 14.5 Å². The van der Waals surface area contributed by atoms with Gasteiger partial charge in [-0.1, -0.05) is 0 Å². The summed E-state index contributed by atoms with van der Waals surface area (Å²) in [5.74, 6) is 1.80. The molecule has 6 heteroatoms. The van der Waals surface area contributed by atoms with Gasteiger partial charge in [-0.05, 0) is 0 Å². The summed E-state index contributed by atoms with van der Waals surface area (Å²) in [7, 11) is 8.63. The highest BCUT2D eigenvalue weighted by atomic mass is 31.1. The highest BCUT2D eigenvalue weighted by molar-refractivity contribution is 7.26. The van der Waals surface area contributed by atoms with Crippen LogP contribution in [0, 0.1) is 0 Å². The quantitative estimate of drug-likeness (QED) is 0.609. The van der Waals surface area contributed by atoms with E-state index in [1.54, 1.807) is 0 Å². The molecule has 0 aromatic rings. The van der Waals surface area contributed by atoms with E-state index in [0.717, 1.165) is 31.6 Å². The van der Waals surface area contributed by atoms with Gasteiger partial charge in [-0.25, -0.2) is 14.5 Å². The number of hydrogen-bond acceptors (Lipinski definition) is 5. The Labute approximate surface area is 84.8 Å². The lowest BCUT2D eigenvalue weighted by Crippen LogP contribution is -2.27. The van der Waals surface area contributed by atoms with Gasteiger partial charge in [0, 0.05) is 28.2 Å². The summed E-state index contributed by atoms with van der Waals surface area (Å²) in [6.45, 7) is 0. The van der Waals surface area contributed by atoms with E-state index in [2.05, 4.69) is 14.5 Å². The van der Waals surface area contributed by atoms with Crippen molar-refractivity contribution in [2.75, 3.05) is 28.2 Å². The summed E-state index contributed by atoms with van der Waals surface area (Å²) in [5, 5.41) is 0. The standard InChI is InChI=1S/C8H12N5P/c1-12(2)7-5-6(11-14-10-5)8(9-7)13(3)4/h1-4H3. The summed E-state index contributed by atoms with van der Waals surface area (Å²) in [4.78, 5) is 8.42. The number of rotatable bonds is 1. The van der Waals surface area contributed by atoms with Crippen LogP contribution in [0.25, 0.3) is 0 Å². The number of hydrogen-bond donors (Lipinski definition) is 0. The van der Waals surface area contributed by atoms with E-state index < -0.39 is 0 Å². The third-order valence-corrected chi connectivity index (χ3v) is 2.58. The summed E-state index contributed by atoms with van der Waals surface area (Å²) in [5.41, 5.74) is 1.83. The van der Waals surface area contributed by atoms with Crippen LogP contribution in [0.15, 0.2) is 26.0 Å². The third-order valence-electron chi connectivity index (χ3n) is 2.00. The molecule has 0 spiro atoms. The molecule has 0 bridgehead atoms. The van der Waals surface area contributed by atoms with Gasteiger partial charge in [-0.15, -0.1) is 0 Å². The minimum Gasteiger partial charge on any atom is -0.361 e. The van der Waals surface area contributed by atoms with Crippen LogP contribution in [0.3, 0.4) is 0 Å². The van der Waals surface area contributed by atoms with Gasteiger partial charge in [0.2, 0.25) is 0 Å². The molecule has 2 heterocycles. The first-order chi connectivity index (χ1) is 6.61. The summed E-state index contributed by atoms with van der Waals surface area (Å²) >= 11 is 0. The Balaban J connectivity index is 2.45. The van der Waals surface area contributed by atoms with Crippen molar-refractivity contribution >= 4 is 20.1 Å². The van der Waals surface area contributed by atoms with Gasteiger partial charge in [-0.2, -0.15) is 0 Å². The van der Waals surface area contributed by atoms with Gasteiger partial charge in [0.15, 0.2) is 20.2 Å². The highest BCUT2D eigenvalue weighted by Crippen LogP contribution is 2.30. The number of amidine groups is 1. The SMILES string of the molecule is CN(C)C1=NC(N(C)C)=C2N=PN=C12. The molecule has 14 heavy (non-hydrogen) atoms. The van der Waals surface area contributed by atoms with Crippen molar-refractivity contribution in [3.8, 4) is 0 Å². The lowest BCUT2D eigenvalue weighted by molar-refractivity contribution is 0.502. The Bertz CT molecular complexity index is 389. The first-order valence-electron chi connectivity index (χ1n) is 4.28. The van der Waals surface area contributed by atoms with Crippen LogP contribution in [0.2, 0.25) is 0 Å². The van der Waals surface area contributed by atoms with E-state index in [0.29, 0.717) is 0 Å². The second-order valence-corrected chi connectivity index (χ2v) is 4.11. The molecule has 0 fully saturated rings. The monoisotopic (exact) mass is 209 g/mol. The van der Waals surface area contributed by atoms with Crippen LogP contribution in [-0.2, 0) is 0 Å². The predicted octanol–water partition coefficient (Wildman–Crippen LogP) is 1.19. The van der Waals surface area contributed by atoms with Crippen molar-refractivity contribution in [2.45, 2.75) is 0 Å². The van der Waals surface area contributed by atoms with Crippen molar-refractivity contribution in [3.63, 3.8) is 0 Å². The molecule has 5 nitrogen and oxygen atoms in total.